The van der Waals surface area contributed by atoms with Gasteiger partial charge in [-0.15, -0.1) is 10.2 Å². The largest absolute Gasteiger partial charge is 0.474 e. The van der Waals surface area contributed by atoms with Crippen LogP contribution in [0.3, 0.4) is 0 Å². The van der Waals surface area contributed by atoms with Crippen molar-refractivity contribution >= 4 is 29.3 Å². The number of urea groups is 1. The summed E-state index contributed by atoms with van der Waals surface area (Å²) < 4.78 is 5.22. The summed E-state index contributed by atoms with van der Waals surface area (Å²) in [6, 6.07) is 5.99. The summed E-state index contributed by atoms with van der Waals surface area (Å²) in [6.45, 7) is 4.67. The molecular weight excluding hydrogens is 430 g/mol. The lowest BCUT2D eigenvalue weighted by atomic mass is 10.1. The summed E-state index contributed by atoms with van der Waals surface area (Å²) in [5.74, 6) is 0.501. The molecule has 2 aromatic heterocycles. The van der Waals surface area contributed by atoms with E-state index < -0.39 is 18.7 Å². The second kappa shape index (κ2) is 9.55. The SMILES string of the molecule is CC(C)NC(=O)c1ccc2c(n1)N(C(=O)Nc1ccc(OC[C@H](O)CO)nn1)[C@H]1CCN2C1. The maximum atomic E-state index is 13.2. The first-order valence-corrected chi connectivity index (χ1v) is 10.8. The second-order valence-electron chi connectivity index (χ2n) is 8.26. The molecule has 12 heteroatoms. The van der Waals surface area contributed by atoms with E-state index in [4.69, 9.17) is 9.84 Å². The number of carbonyl (C=O) groups is 2. The van der Waals surface area contributed by atoms with Gasteiger partial charge in [-0.05, 0) is 38.5 Å². The highest BCUT2D eigenvalue weighted by Crippen LogP contribution is 2.39. The minimum atomic E-state index is -1.02. The predicted octanol–water partition coefficient (Wildman–Crippen LogP) is 0.373. The molecule has 4 heterocycles. The normalized spacial score (nSPS) is 17.5. The molecule has 0 saturated carbocycles. The van der Waals surface area contributed by atoms with Crippen LogP contribution in [0, 0.1) is 0 Å². The van der Waals surface area contributed by atoms with Crippen molar-refractivity contribution in [3.8, 4) is 5.88 Å². The highest BCUT2D eigenvalue weighted by Gasteiger charge is 2.40. The summed E-state index contributed by atoms with van der Waals surface area (Å²) >= 11 is 0. The van der Waals surface area contributed by atoms with Gasteiger partial charge in [0.25, 0.3) is 5.91 Å². The molecule has 3 amide bonds. The molecule has 0 spiro atoms. The number of aliphatic hydroxyl groups excluding tert-OH is 2. The number of anilines is 3. The van der Waals surface area contributed by atoms with Crippen LogP contribution in [0.2, 0.25) is 0 Å². The van der Waals surface area contributed by atoms with E-state index in [1.54, 1.807) is 11.0 Å². The molecule has 0 unspecified atom stereocenters. The van der Waals surface area contributed by atoms with E-state index in [2.05, 4.69) is 30.7 Å². The lowest BCUT2D eigenvalue weighted by Crippen LogP contribution is -2.48. The summed E-state index contributed by atoms with van der Waals surface area (Å²) in [4.78, 5) is 33.9. The number of nitrogens with one attached hydrogen (secondary N) is 2. The Labute approximate surface area is 190 Å². The van der Waals surface area contributed by atoms with E-state index in [-0.39, 0.29) is 42.0 Å². The van der Waals surface area contributed by atoms with Crippen LogP contribution in [0.5, 0.6) is 5.88 Å². The van der Waals surface area contributed by atoms with E-state index >= 15 is 0 Å². The van der Waals surface area contributed by atoms with Crippen LogP contribution in [0.15, 0.2) is 24.3 Å². The highest BCUT2D eigenvalue weighted by atomic mass is 16.5. The predicted molar refractivity (Wildman–Crippen MR) is 120 cm³/mol. The highest BCUT2D eigenvalue weighted by molar-refractivity contribution is 6.05. The molecular formula is C21H27N7O5. The lowest BCUT2D eigenvalue weighted by Gasteiger charge is -2.35. The Morgan fingerprint density at radius 3 is 2.76 bits per heavy atom. The van der Waals surface area contributed by atoms with Gasteiger partial charge in [-0.2, -0.15) is 0 Å². The minimum Gasteiger partial charge on any atom is -0.474 e. The van der Waals surface area contributed by atoms with Gasteiger partial charge in [0, 0.05) is 25.2 Å². The van der Waals surface area contributed by atoms with Crippen LogP contribution in [0.1, 0.15) is 30.8 Å². The molecule has 33 heavy (non-hydrogen) atoms. The second-order valence-corrected chi connectivity index (χ2v) is 8.26. The molecule has 1 fully saturated rings. The quantitative estimate of drug-likeness (QED) is 0.462. The molecule has 12 nitrogen and oxygen atoms in total. The Morgan fingerprint density at radius 2 is 2.06 bits per heavy atom. The van der Waals surface area contributed by atoms with Crippen molar-refractivity contribution < 1.29 is 24.5 Å². The standard InChI is InChI=1S/C21H27N7O5/c1-12(2)22-20(31)15-3-4-16-19(23-15)28(13-7-8-27(16)9-13)21(32)24-17-5-6-18(26-25-17)33-11-14(30)10-29/h3-6,12-14,29-30H,7-11H2,1-2H3,(H,22,31)(H,24,25,32)/t13-,14+/m0/s1. The number of rotatable bonds is 7. The van der Waals surface area contributed by atoms with Crippen LogP contribution < -0.4 is 25.2 Å². The van der Waals surface area contributed by atoms with Gasteiger partial charge < -0.3 is 25.2 Å². The number of ether oxygens (including phenoxy) is 1. The summed E-state index contributed by atoms with van der Waals surface area (Å²) in [7, 11) is 0. The average molecular weight is 457 g/mol. The third-order valence-electron chi connectivity index (χ3n) is 5.33. The molecule has 0 aliphatic carbocycles. The fraction of sp³-hybridized carbons (Fsp3) is 0.476. The molecule has 2 bridgehead atoms. The van der Waals surface area contributed by atoms with Crippen molar-refractivity contribution in [2.24, 2.45) is 0 Å². The summed E-state index contributed by atoms with van der Waals surface area (Å²) in [6.07, 6.45) is -0.237. The zero-order valence-electron chi connectivity index (χ0n) is 18.4. The first kappa shape index (κ1) is 22.7. The Bertz CT molecular complexity index is 1020. The molecule has 4 N–H and O–H groups in total. The van der Waals surface area contributed by atoms with Crippen molar-refractivity contribution in [2.45, 2.75) is 38.5 Å². The zero-order chi connectivity index (χ0) is 23.5. The van der Waals surface area contributed by atoms with Gasteiger partial charge in [-0.25, -0.2) is 9.78 Å². The van der Waals surface area contributed by atoms with E-state index in [1.165, 1.54) is 12.1 Å². The van der Waals surface area contributed by atoms with Crippen molar-refractivity contribution in [1.29, 1.82) is 0 Å². The van der Waals surface area contributed by atoms with Crippen molar-refractivity contribution in [3.63, 3.8) is 0 Å². The number of carbonyl (C=O) groups excluding carboxylic acids is 2. The number of hydrogen-bond donors (Lipinski definition) is 4. The van der Waals surface area contributed by atoms with Gasteiger partial charge in [0.15, 0.2) is 11.6 Å². The molecule has 4 rings (SSSR count). The van der Waals surface area contributed by atoms with Gasteiger partial charge in [0.2, 0.25) is 5.88 Å². The van der Waals surface area contributed by atoms with Crippen molar-refractivity contribution in [2.75, 3.05) is 41.4 Å². The number of amides is 3. The molecule has 2 atom stereocenters. The molecule has 1 saturated heterocycles. The number of nitrogens with zero attached hydrogens (tertiary/aromatic N) is 5. The lowest BCUT2D eigenvalue weighted by molar-refractivity contribution is 0.0518. The van der Waals surface area contributed by atoms with Crippen LogP contribution in [-0.4, -0.2) is 81.8 Å². The van der Waals surface area contributed by atoms with Crippen molar-refractivity contribution in [3.05, 3.63) is 30.0 Å². The Hall–Kier alpha value is -3.51. The third kappa shape index (κ3) is 4.96. The summed E-state index contributed by atoms with van der Waals surface area (Å²) in [5, 5.41) is 31.5. The van der Waals surface area contributed by atoms with Crippen LogP contribution in [0.25, 0.3) is 0 Å². The number of aliphatic hydroxyl groups is 2. The Balaban J connectivity index is 1.52. The van der Waals surface area contributed by atoms with Gasteiger partial charge in [-0.1, -0.05) is 0 Å². The van der Waals surface area contributed by atoms with Gasteiger partial charge >= 0.3 is 6.03 Å². The van der Waals surface area contributed by atoms with Crippen LogP contribution in [-0.2, 0) is 0 Å². The van der Waals surface area contributed by atoms with Crippen LogP contribution in [0.4, 0.5) is 22.1 Å². The molecule has 0 aromatic carbocycles. The van der Waals surface area contributed by atoms with E-state index in [9.17, 15) is 14.7 Å². The van der Waals surface area contributed by atoms with Gasteiger partial charge in [0.05, 0.1) is 18.3 Å². The maximum Gasteiger partial charge on any atom is 0.329 e. The first-order chi connectivity index (χ1) is 15.9. The smallest absolute Gasteiger partial charge is 0.329 e. The summed E-state index contributed by atoms with van der Waals surface area (Å²) in [5.41, 5.74) is 1.05. The third-order valence-corrected chi connectivity index (χ3v) is 5.33. The number of pyridine rings is 1. The van der Waals surface area contributed by atoms with Crippen molar-refractivity contribution in [1.82, 2.24) is 20.5 Å². The van der Waals surface area contributed by atoms with Crippen LogP contribution >= 0.6 is 0 Å². The molecule has 176 valence electrons. The fourth-order valence-corrected chi connectivity index (χ4v) is 3.80. The number of hydrogen-bond acceptors (Lipinski definition) is 9. The Kier molecular flexibility index (Phi) is 6.56. The Morgan fingerprint density at radius 1 is 1.24 bits per heavy atom. The number of fused-ring (bicyclic) bond motifs is 4. The molecule has 2 aliphatic rings. The molecule has 2 aromatic rings. The number of aromatic nitrogens is 3. The molecule has 2 aliphatic heterocycles. The van der Waals surface area contributed by atoms with E-state index in [0.717, 1.165) is 18.7 Å². The van der Waals surface area contributed by atoms with E-state index in [1.807, 2.05) is 19.9 Å². The minimum absolute atomic E-state index is 0.0351. The first-order valence-electron chi connectivity index (χ1n) is 10.8. The van der Waals surface area contributed by atoms with E-state index in [0.29, 0.717) is 12.4 Å². The topological polar surface area (TPSA) is 153 Å². The molecule has 0 radical (unpaired) electrons. The van der Waals surface area contributed by atoms with Gasteiger partial charge in [0.1, 0.15) is 18.4 Å². The maximum absolute atomic E-state index is 13.2. The fourth-order valence-electron chi connectivity index (χ4n) is 3.80. The average Bonchev–Trinajstić information content (AvgIpc) is 3.21. The van der Waals surface area contributed by atoms with Gasteiger partial charge in [-0.3, -0.25) is 15.0 Å². The zero-order valence-corrected chi connectivity index (χ0v) is 18.4. The monoisotopic (exact) mass is 457 g/mol.